The second-order valence-electron chi connectivity index (χ2n) is 6.90. The lowest BCUT2D eigenvalue weighted by Gasteiger charge is -2.16. The van der Waals surface area contributed by atoms with Crippen molar-refractivity contribution in [1.82, 2.24) is 0 Å². The average Bonchev–Trinajstić information content (AvgIpc) is 2.86. The average molecular weight is 360 g/mol. The molecule has 0 bridgehead atoms. The Morgan fingerprint density at radius 3 is 2.58 bits per heavy atom. The number of ether oxygens (including phenoxy) is 3. The molecule has 0 aromatic heterocycles. The Labute approximate surface area is 158 Å². The smallest absolute Gasteiger partial charge is 0.302 e. The predicted molar refractivity (Wildman–Crippen MR) is 103 cm³/mol. The molecule has 0 unspecified atom stereocenters. The number of carbonyl (C=O) groups excluding carboxylic acids is 1. The molecule has 1 heterocycles. The second-order valence-corrected chi connectivity index (χ2v) is 6.90. The molecule has 2 atom stereocenters. The normalized spacial score (nSPS) is 20.9. The van der Waals surface area contributed by atoms with Crippen molar-refractivity contribution in [2.24, 2.45) is 0 Å². The Hall–Kier alpha value is -1.75. The number of hydrogen-bond donors (Lipinski definition) is 0. The van der Waals surface area contributed by atoms with Gasteiger partial charge in [0.2, 0.25) is 0 Å². The van der Waals surface area contributed by atoms with Gasteiger partial charge in [0.25, 0.3) is 0 Å². The molecule has 0 aromatic rings. The van der Waals surface area contributed by atoms with Crippen LogP contribution in [0.15, 0.2) is 12.2 Å². The van der Waals surface area contributed by atoms with Crippen LogP contribution in [0, 0.1) is 23.7 Å². The van der Waals surface area contributed by atoms with E-state index in [1.54, 1.807) is 12.2 Å². The van der Waals surface area contributed by atoms with Crippen molar-refractivity contribution in [1.29, 1.82) is 0 Å². The topological polar surface area (TPSA) is 44.8 Å². The lowest BCUT2D eigenvalue weighted by Crippen LogP contribution is -2.21. The lowest BCUT2D eigenvalue weighted by atomic mass is 10.0. The zero-order valence-electron chi connectivity index (χ0n) is 16.6. The molecule has 26 heavy (non-hydrogen) atoms. The maximum atomic E-state index is 10.6. The largest absolute Gasteiger partial charge is 0.462 e. The minimum atomic E-state index is -0.536. The number of rotatable bonds is 9. The summed E-state index contributed by atoms with van der Waals surface area (Å²) in [6, 6.07) is 0. The van der Waals surface area contributed by atoms with Crippen LogP contribution in [0.25, 0.3) is 0 Å². The molecule has 1 fully saturated rings. The molecular weight excluding hydrogens is 328 g/mol. The summed E-state index contributed by atoms with van der Waals surface area (Å²) in [6.45, 7) is 7.75. The molecule has 1 rings (SSSR count). The van der Waals surface area contributed by atoms with E-state index in [0.29, 0.717) is 6.42 Å². The van der Waals surface area contributed by atoms with Gasteiger partial charge < -0.3 is 14.2 Å². The van der Waals surface area contributed by atoms with Gasteiger partial charge in [-0.3, -0.25) is 4.79 Å². The Kier molecular flexibility index (Phi) is 10.8. The van der Waals surface area contributed by atoms with E-state index in [4.69, 9.17) is 14.2 Å². The van der Waals surface area contributed by atoms with E-state index in [1.807, 2.05) is 13.8 Å². The highest BCUT2D eigenvalue weighted by atomic mass is 16.7. The molecule has 1 saturated heterocycles. The second kappa shape index (κ2) is 12.6. The van der Waals surface area contributed by atoms with Crippen LogP contribution in [-0.4, -0.2) is 30.6 Å². The number of esters is 1. The van der Waals surface area contributed by atoms with Gasteiger partial charge in [-0.05, 0) is 44.3 Å². The summed E-state index contributed by atoms with van der Waals surface area (Å²) < 4.78 is 16.8. The summed E-state index contributed by atoms with van der Waals surface area (Å²) in [7, 11) is 0. The Morgan fingerprint density at radius 2 is 1.85 bits per heavy atom. The summed E-state index contributed by atoms with van der Waals surface area (Å²) >= 11 is 0. The fraction of sp³-hybridized carbons (Fsp3) is 0.682. The van der Waals surface area contributed by atoms with Gasteiger partial charge in [-0.2, -0.15) is 0 Å². The predicted octanol–water partition coefficient (Wildman–Crippen LogP) is 4.38. The van der Waals surface area contributed by atoms with E-state index >= 15 is 0 Å². The van der Waals surface area contributed by atoms with E-state index in [0.717, 1.165) is 6.42 Å². The van der Waals surface area contributed by atoms with Crippen molar-refractivity contribution in [3.8, 4) is 23.7 Å². The third kappa shape index (κ3) is 10.3. The van der Waals surface area contributed by atoms with Crippen LogP contribution in [0.5, 0.6) is 0 Å². The summed E-state index contributed by atoms with van der Waals surface area (Å²) in [6.07, 6.45) is 11.3. The minimum absolute atomic E-state index is 0.00461. The first kappa shape index (κ1) is 22.3. The molecule has 0 amide bonds. The van der Waals surface area contributed by atoms with Crippen LogP contribution in [0.2, 0.25) is 0 Å². The fourth-order valence-corrected chi connectivity index (χ4v) is 2.82. The summed E-state index contributed by atoms with van der Waals surface area (Å²) in [5, 5.41) is 0. The van der Waals surface area contributed by atoms with Gasteiger partial charge in [0, 0.05) is 13.3 Å². The van der Waals surface area contributed by atoms with Gasteiger partial charge in [0.1, 0.15) is 6.61 Å². The van der Waals surface area contributed by atoms with Crippen molar-refractivity contribution in [3.05, 3.63) is 12.2 Å². The Morgan fingerprint density at radius 1 is 1.12 bits per heavy atom. The van der Waals surface area contributed by atoms with E-state index in [1.165, 1.54) is 39.0 Å². The van der Waals surface area contributed by atoms with Crippen LogP contribution < -0.4 is 0 Å². The number of hydrogen-bond acceptors (Lipinski definition) is 4. The molecule has 0 aliphatic carbocycles. The zero-order valence-corrected chi connectivity index (χ0v) is 16.6. The third-order valence-electron chi connectivity index (χ3n) is 3.99. The highest BCUT2D eigenvalue weighted by molar-refractivity contribution is 5.66. The van der Waals surface area contributed by atoms with Crippen molar-refractivity contribution in [2.45, 2.75) is 90.6 Å². The number of unbranched alkanes of at least 4 members (excludes halogenated alkanes) is 4. The van der Waals surface area contributed by atoms with Crippen molar-refractivity contribution in [2.75, 3.05) is 6.61 Å². The fourth-order valence-electron chi connectivity index (χ4n) is 2.82. The zero-order chi connectivity index (χ0) is 19.3. The van der Waals surface area contributed by atoms with Crippen LogP contribution in [0.3, 0.4) is 0 Å². The number of carbonyl (C=O) groups is 1. The van der Waals surface area contributed by atoms with Gasteiger partial charge in [-0.15, -0.1) is 0 Å². The highest BCUT2D eigenvalue weighted by Crippen LogP contribution is 2.32. The molecule has 0 spiro atoms. The first-order chi connectivity index (χ1) is 12.4. The van der Waals surface area contributed by atoms with E-state index in [9.17, 15) is 4.79 Å². The highest BCUT2D eigenvalue weighted by Gasteiger charge is 2.40. The van der Waals surface area contributed by atoms with Crippen molar-refractivity contribution in [3.63, 3.8) is 0 Å². The van der Waals surface area contributed by atoms with Gasteiger partial charge >= 0.3 is 5.97 Å². The Balaban J connectivity index is 2.37. The van der Waals surface area contributed by atoms with Gasteiger partial charge in [0.05, 0.1) is 12.2 Å². The van der Waals surface area contributed by atoms with Crippen molar-refractivity contribution < 1.29 is 19.0 Å². The molecule has 1 aliphatic rings. The van der Waals surface area contributed by atoms with Crippen LogP contribution in [0.4, 0.5) is 0 Å². The van der Waals surface area contributed by atoms with Crippen LogP contribution in [-0.2, 0) is 19.0 Å². The first-order valence-corrected chi connectivity index (χ1v) is 9.57. The van der Waals surface area contributed by atoms with Gasteiger partial charge in [0.15, 0.2) is 5.79 Å². The molecule has 0 N–H and O–H groups in total. The van der Waals surface area contributed by atoms with Gasteiger partial charge in [-0.1, -0.05) is 50.9 Å². The van der Waals surface area contributed by atoms with E-state index in [-0.39, 0.29) is 24.8 Å². The summed E-state index contributed by atoms with van der Waals surface area (Å²) in [5.74, 6) is 10.6. The van der Waals surface area contributed by atoms with Gasteiger partial charge in [-0.25, -0.2) is 0 Å². The van der Waals surface area contributed by atoms with E-state index < -0.39 is 5.79 Å². The van der Waals surface area contributed by atoms with E-state index in [2.05, 4.69) is 30.6 Å². The molecule has 0 radical (unpaired) electrons. The molecule has 1 aliphatic heterocycles. The molecular formula is C22H32O4. The maximum Gasteiger partial charge on any atom is 0.302 e. The van der Waals surface area contributed by atoms with Crippen molar-refractivity contribution >= 4 is 5.97 Å². The molecule has 0 saturated carbocycles. The minimum Gasteiger partial charge on any atom is -0.462 e. The summed E-state index contributed by atoms with van der Waals surface area (Å²) in [4.78, 5) is 10.6. The summed E-state index contributed by atoms with van der Waals surface area (Å²) in [5.41, 5.74) is 0. The SMILES string of the molecule is CCCCCCC[C@H]1OC(C)(C)O[C@@H]1CC#CC#C/C=C\COC(C)=O. The molecule has 4 nitrogen and oxygen atoms in total. The standard InChI is InChI=1S/C22H32O4/c1-5-6-7-10-13-16-20-21(26-22(3,4)25-20)17-14-11-8-9-12-15-18-24-19(2)23/h12,15,20-21H,5-7,10,13,16-18H2,1-4H3/b15-12-/t20-,21-/m1/s1. The van der Waals surface area contributed by atoms with Crippen LogP contribution >= 0.6 is 0 Å². The third-order valence-corrected chi connectivity index (χ3v) is 3.99. The lowest BCUT2D eigenvalue weighted by molar-refractivity contribution is -0.146. The molecule has 0 aromatic carbocycles. The van der Waals surface area contributed by atoms with Crippen LogP contribution in [0.1, 0.15) is 72.6 Å². The first-order valence-electron chi connectivity index (χ1n) is 9.57. The monoisotopic (exact) mass is 360 g/mol. The Bertz CT molecular complexity index is 568. The molecule has 4 heteroatoms. The maximum absolute atomic E-state index is 10.6. The quantitative estimate of drug-likeness (QED) is 0.348. The molecule has 144 valence electrons. The number of allylic oxidation sites excluding steroid dienone is 1.